The summed E-state index contributed by atoms with van der Waals surface area (Å²) in [6, 6.07) is 10.1. The minimum Gasteiger partial charge on any atom is -0.496 e. The highest BCUT2D eigenvalue weighted by Crippen LogP contribution is 2.34. The molecule has 1 saturated heterocycles. The van der Waals surface area contributed by atoms with Gasteiger partial charge in [-0.3, -0.25) is 4.90 Å². The van der Waals surface area contributed by atoms with E-state index in [1.807, 2.05) is 30.7 Å². The minimum atomic E-state index is -4.75. The number of aliphatic hydroxyl groups excluding tert-OH is 1. The number of alkyl halides is 3. The van der Waals surface area contributed by atoms with Crippen molar-refractivity contribution in [3.05, 3.63) is 76.9 Å². The second kappa shape index (κ2) is 12.6. The normalized spacial score (nSPS) is 17.0. The molecule has 1 atom stereocenters. The lowest BCUT2D eigenvalue weighted by Crippen LogP contribution is -2.37. The van der Waals surface area contributed by atoms with Gasteiger partial charge in [0.1, 0.15) is 23.6 Å². The highest BCUT2D eigenvalue weighted by Gasteiger charge is 2.32. The monoisotopic (exact) mass is 623 g/mol. The summed E-state index contributed by atoms with van der Waals surface area (Å²) in [5.41, 5.74) is 5.65. The van der Waals surface area contributed by atoms with Crippen molar-refractivity contribution in [2.24, 2.45) is 0 Å². The Morgan fingerprint density at radius 3 is 2.73 bits per heavy atom. The number of methoxy groups -OCH3 is 1. The number of hydrogen-bond acceptors (Lipinski definition) is 9. The molecule has 2 aliphatic rings. The van der Waals surface area contributed by atoms with Crippen LogP contribution in [0.2, 0.25) is 0 Å². The van der Waals surface area contributed by atoms with Crippen molar-refractivity contribution in [1.82, 2.24) is 24.4 Å². The fourth-order valence-corrected chi connectivity index (χ4v) is 6.11. The Hall–Kier alpha value is -4.36. The lowest BCUT2D eigenvalue weighted by molar-refractivity contribution is -0.274. The summed E-state index contributed by atoms with van der Waals surface area (Å²) in [5.74, 6) is 2.31. The maximum Gasteiger partial charge on any atom is 0.573 e. The third-order valence-electron chi connectivity index (χ3n) is 8.47. The SMILES string of the molecule is COc1cc(-n2cnc(Nc3nc4c(c(N5CCC[C@H]5CO)n3)CCN(Cc3cccc(OC(F)(F)F)c3)C4)c2)cc(C)c1C. The number of benzene rings is 2. The summed E-state index contributed by atoms with van der Waals surface area (Å²) < 4.78 is 49.9. The molecule has 45 heavy (non-hydrogen) atoms. The lowest BCUT2D eigenvalue weighted by Gasteiger charge is -2.33. The average Bonchev–Trinajstić information content (AvgIpc) is 3.67. The Kier molecular flexibility index (Phi) is 8.56. The molecule has 4 aromatic rings. The molecule has 0 spiro atoms. The molecule has 2 aromatic carbocycles. The van der Waals surface area contributed by atoms with Crippen LogP contribution in [0.3, 0.4) is 0 Å². The first-order valence-electron chi connectivity index (χ1n) is 14.9. The van der Waals surface area contributed by atoms with E-state index in [0.717, 1.165) is 59.0 Å². The summed E-state index contributed by atoms with van der Waals surface area (Å²) in [6.45, 7) is 6.48. The first kappa shape index (κ1) is 30.7. The Bertz CT molecular complexity index is 1680. The predicted molar refractivity (Wildman–Crippen MR) is 163 cm³/mol. The molecule has 238 valence electrons. The highest BCUT2D eigenvalue weighted by molar-refractivity contribution is 5.58. The van der Waals surface area contributed by atoms with Gasteiger partial charge in [-0.25, -0.2) is 9.97 Å². The molecule has 2 N–H and O–H groups in total. The fraction of sp³-hybridized carbons (Fsp3) is 0.406. The fourth-order valence-electron chi connectivity index (χ4n) is 6.11. The molecule has 2 aromatic heterocycles. The first-order chi connectivity index (χ1) is 21.6. The molecule has 0 saturated carbocycles. The Labute approximate surface area is 259 Å². The highest BCUT2D eigenvalue weighted by atomic mass is 19.4. The Morgan fingerprint density at radius 1 is 1.11 bits per heavy atom. The third kappa shape index (κ3) is 6.84. The van der Waals surface area contributed by atoms with Crippen LogP contribution in [-0.2, 0) is 19.5 Å². The van der Waals surface area contributed by atoms with Crippen LogP contribution < -0.4 is 19.7 Å². The number of aromatic nitrogens is 4. The molecule has 10 nitrogen and oxygen atoms in total. The van der Waals surface area contributed by atoms with Crippen LogP contribution in [0.25, 0.3) is 5.69 Å². The van der Waals surface area contributed by atoms with Crippen LogP contribution in [-0.4, -0.2) is 68.7 Å². The maximum absolute atomic E-state index is 12.8. The topological polar surface area (TPSA) is 101 Å². The van der Waals surface area contributed by atoms with E-state index < -0.39 is 6.36 Å². The number of aliphatic hydroxyl groups is 1. The molecule has 1 fully saturated rings. The molecular weight excluding hydrogens is 587 g/mol. The van der Waals surface area contributed by atoms with Crippen LogP contribution in [0, 0.1) is 13.8 Å². The van der Waals surface area contributed by atoms with Crippen molar-refractivity contribution in [1.29, 1.82) is 0 Å². The van der Waals surface area contributed by atoms with Gasteiger partial charge in [-0.1, -0.05) is 12.1 Å². The molecule has 2 aliphatic heterocycles. The Balaban J connectivity index is 1.27. The van der Waals surface area contributed by atoms with Gasteiger partial charge in [0, 0.05) is 37.8 Å². The molecule has 6 rings (SSSR count). The van der Waals surface area contributed by atoms with E-state index in [1.165, 1.54) is 12.1 Å². The van der Waals surface area contributed by atoms with Gasteiger partial charge in [-0.05, 0) is 68.0 Å². The molecule has 0 radical (unpaired) electrons. The van der Waals surface area contributed by atoms with Gasteiger partial charge in [0.05, 0.1) is 37.3 Å². The molecular formula is C32H36F3N7O3. The van der Waals surface area contributed by atoms with Gasteiger partial charge in [0.15, 0.2) is 5.82 Å². The molecule has 4 heterocycles. The van der Waals surface area contributed by atoms with Crippen LogP contribution in [0.4, 0.5) is 30.8 Å². The zero-order chi connectivity index (χ0) is 31.7. The number of anilines is 3. The number of fused-ring (bicyclic) bond motifs is 1. The second-order valence-corrected chi connectivity index (χ2v) is 11.5. The van der Waals surface area contributed by atoms with E-state index in [2.05, 4.69) is 30.9 Å². The smallest absolute Gasteiger partial charge is 0.496 e. The summed E-state index contributed by atoms with van der Waals surface area (Å²) in [5, 5.41) is 13.4. The molecule has 0 unspecified atom stereocenters. The van der Waals surface area contributed by atoms with E-state index >= 15 is 0 Å². The van der Waals surface area contributed by atoms with Crippen molar-refractivity contribution >= 4 is 17.6 Å². The van der Waals surface area contributed by atoms with E-state index in [-0.39, 0.29) is 18.4 Å². The summed E-state index contributed by atoms with van der Waals surface area (Å²) in [4.78, 5) is 18.7. The zero-order valence-electron chi connectivity index (χ0n) is 25.4. The lowest BCUT2D eigenvalue weighted by atomic mass is 10.0. The third-order valence-corrected chi connectivity index (χ3v) is 8.47. The van der Waals surface area contributed by atoms with Gasteiger partial charge < -0.3 is 29.4 Å². The number of halogens is 3. The van der Waals surface area contributed by atoms with Crippen LogP contribution in [0.15, 0.2) is 48.9 Å². The van der Waals surface area contributed by atoms with E-state index in [1.54, 1.807) is 25.6 Å². The first-order valence-corrected chi connectivity index (χ1v) is 14.9. The Morgan fingerprint density at radius 2 is 1.96 bits per heavy atom. The zero-order valence-corrected chi connectivity index (χ0v) is 25.4. The van der Waals surface area contributed by atoms with Crippen molar-refractivity contribution in [2.45, 2.75) is 58.6 Å². The number of ether oxygens (including phenoxy) is 2. The van der Waals surface area contributed by atoms with Crippen LogP contribution in [0.5, 0.6) is 11.5 Å². The molecule has 0 bridgehead atoms. The number of rotatable bonds is 9. The molecule has 0 amide bonds. The summed E-state index contributed by atoms with van der Waals surface area (Å²) in [6.07, 6.45) is 1.33. The molecule has 13 heteroatoms. The predicted octanol–water partition coefficient (Wildman–Crippen LogP) is 5.45. The quantitative estimate of drug-likeness (QED) is 0.252. The maximum atomic E-state index is 12.8. The summed E-state index contributed by atoms with van der Waals surface area (Å²) >= 11 is 0. The van der Waals surface area contributed by atoms with E-state index in [9.17, 15) is 18.3 Å². The number of aryl methyl sites for hydroxylation is 1. The van der Waals surface area contributed by atoms with Gasteiger partial charge in [-0.15, -0.1) is 13.2 Å². The van der Waals surface area contributed by atoms with Crippen molar-refractivity contribution < 1.29 is 27.8 Å². The summed E-state index contributed by atoms with van der Waals surface area (Å²) in [7, 11) is 1.65. The van der Waals surface area contributed by atoms with Crippen LogP contribution in [0.1, 0.15) is 40.8 Å². The largest absolute Gasteiger partial charge is 0.573 e. The van der Waals surface area contributed by atoms with Crippen molar-refractivity contribution in [3.8, 4) is 17.2 Å². The van der Waals surface area contributed by atoms with Crippen molar-refractivity contribution in [3.63, 3.8) is 0 Å². The minimum absolute atomic E-state index is 0.0229. The number of nitrogens with zero attached hydrogens (tertiary/aromatic N) is 6. The van der Waals surface area contributed by atoms with E-state index in [4.69, 9.17) is 14.7 Å². The average molecular weight is 624 g/mol. The van der Waals surface area contributed by atoms with Gasteiger partial charge in [0.25, 0.3) is 0 Å². The van der Waals surface area contributed by atoms with Gasteiger partial charge in [0.2, 0.25) is 5.95 Å². The standard InChI is InChI=1S/C32H36F3N7O3/c1-20-12-24(14-28(44-3)21(20)2)41-17-29(36-19-41)38-31-37-27-16-40(15-22-6-4-8-25(13-22)45-32(33,34)35)11-9-26(27)30(39-31)42-10-5-7-23(42)18-43/h4,6,8,12-14,17,19,23,43H,5,7,9-11,15-16,18H2,1-3H3,(H,37,38,39)/t23-/m0/s1. The number of hydrogen-bond donors (Lipinski definition) is 2. The number of imidazole rings is 1. The second-order valence-electron chi connectivity index (χ2n) is 11.5. The van der Waals surface area contributed by atoms with Crippen molar-refractivity contribution in [2.75, 3.05) is 37.0 Å². The van der Waals surface area contributed by atoms with Crippen LogP contribution >= 0.6 is 0 Å². The number of nitrogens with one attached hydrogen (secondary N) is 1. The van der Waals surface area contributed by atoms with Gasteiger partial charge >= 0.3 is 6.36 Å². The van der Waals surface area contributed by atoms with E-state index in [0.29, 0.717) is 43.4 Å². The molecule has 0 aliphatic carbocycles. The van der Waals surface area contributed by atoms with Gasteiger partial charge in [-0.2, -0.15) is 4.98 Å².